The van der Waals surface area contributed by atoms with Crippen molar-refractivity contribution in [2.75, 3.05) is 6.54 Å². The molecule has 2 saturated carbocycles. The van der Waals surface area contributed by atoms with Gasteiger partial charge >= 0.3 is 0 Å². The van der Waals surface area contributed by atoms with Crippen molar-refractivity contribution in [1.29, 1.82) is 0 Å². The minimum absolute atomic E-state index is 0.0658. The highest BCUT2D eigenvalue weighted by atomic mass is 16.2. The van der Waals surface area contributed by atoms with Crippen LogP contribution < -0.4 is 16.4 Å². The van der Waals surface area contributed by atoms with E-state index in [1.165, 1.54) is 44.9 Å². The number of ketones is 2. The van der Waals surface area contributed by atoms with E-state index in [0.717, 1.165) is 57.3 Å². The quantitative estimate of drug-likeness (QED) is 0.209. The zero-order chi connectivity index (χ0) is 30.9. The molecule has 0 heterocycles. The first-order valence-electron chi connectivity index (χ1n) is 16.4. The second-order valence-electron chi connectivity index (χ2n) is 11.8. The normalized spacial score (nSPS) is 17.0. The highest BCUT2D eigenvalue weighted by Gasteiger charge is 2.26. The van der Waals surface area contributed by atoms with Crippen LogP contribution in [0.15, 0.2) is 0 Å². The van der Waals surface area contributed by atoms with Crippen LogP contribution in [0, 0.1) is 17.8 Å². The molecule has 7 heteroatoms. The zero-order valence-corrected chi connectivity index (χ0v) is 27.4. The van der Waals surface area contributed by atoms with Crippen molar-refractivity contribution in [2.45, 2.75) is 164 Å². The third kappa shape index (κ3) is 20.2. The molecule has 4 N–H and O–H groups in total. The van der Waals surface area contributed by atoms with E-state index >= 15 is 0 Å². The van der Waals surface area contributed by atoms with E-state index < -0.39 is 17.7 Å². The number of hydrogen-bond donors (Lipinski definition) is 3. The fourth-order valence-electron chi connectivity index (χ4n) is 4.56. The Kier molecular flexibility index (Phi) is 26.4. The topological polar surface area (TPSA) is 118 Å². The summed E-state index contributed by atoms with van der Waals surface area (Å²) in [6.45, 7) is 16.2. The van der Waals surface area contributed by atoms with Gasteiger partial charge in [0.05, 0.1) is 12.1 Å². The average Bonchev–Trinajstić information content (AvgIpc) is 2.93. The molecule has 2 fully saturated rings. The Morgan fingerprint density at radius 2 is 1.38 bits per heavy atom. The van der Waals surface area contributed by atoms with Crippen LogP contribution in [-0.2, 0) is 19.2 Å². The zero-order valence-electron chi connectivity index (χ0n) is 27.4. The van der Waals surface area contributed by atoms with Crippen molar-refractivity contribution >= 4 is 23.4 Å². The van der Waals surface area contributed by atoms with Gasteiger partial charge in [0, 0.05) is 12.5 Å². The van der Waals surface area contributed by atoms with Gasteiger partial charge in [-0.15, -0.1) is 0 Å². The number of nitrogens with one attached hydrogen (secondary N) is 2. The molecule has 0 aromatic rings. The molecule has 0 saturated heterocycles. The summed E-state index contributed by atoms with van der Waals surface area (Å²) in [6, 6.07) is -0.953. The molecule has 2 aliphatic carbocycles. The molecule has 0 bridgehead atoms. The second kappa shape index (κ2) is 26.2. The molecule has 0 radical (unpaired) electrons. The van der Waals surface area contributed by atoms with E-state index in [1.54, 1.807) is 13.8 Å². The number of nitrogens with two attached hydrogens (primary N) is 1. The number of amides is 2. The lowest BCUT2D eigenvalue weighted by Gasteiger charge is -2.25. The van der Waals surface area contributed by atoms with Crippen LogP contribution >= 0.6 is 0 Å². The highest BCUT2D eigenvalue weighted by Crippen LogP contribution is 2.26. The van der Waals surface area contributed by atoms with Gasteiger partial charge in [-0.05, 0) is 57.8 Å². The maximum absolute atomic E-state index is 12.2. The average molecular weight is 568 g/mol. The standard InChI is InChI=1S/C16H30N2O3.C9H17NO.C5H10.C3H8/c1-5-8-10-13(9-6-2)15(20)18-12(4)14(19)16(21)17-11-7-3;1-7(11)9(10)8-5-3-2-4-6-8;1-5-3-2-4-5;1-3-2/h12-13H,5-11H2,1-4H3,(H,17,21)(H,18,20);8-9H,2-6,10H2,1H3;5H,2-4H2,1H3;3H2,1-2H3. The highest BCUT2D eigenvalue weighted by molar-refractivity contribution is 6.38. The van der Waals surface area contributed by atoms with Crippen LogP contribution in [0.1, 0.15) is 152 Å². The molecular formula is C33H65N3O4. The van der Waals surface area contributed by atoms with Gasteiger partial charge in [0.2, 0.25) is 11.7 Å². The summed E-state index contributed by atoms with van der Waals surface area (Å²) < 4.78 is 0. The Morgan fingerprint density at radius 3 is 1.77 bits per heavy atom. The van der Waals surface area contributed by atoms with E-state index in [-0.39, 0.29) is 23.7 Å². The number of Topliss-reactive ketones (excluding diaryl/α,β-unsaturated/α-hetero) is 2. The fourth-order valence-corrected chi connectivity index (χ4v) is 4.56. The molecule has 236 valence electrons. The summed E-state index contributed by atoms with van der Waals surface area (Å²) in [7, 11) is 0. The minimum Gasteiger partial charge on any atom is -0.349 e. The molecule has 0 aromatic carbocycles. The van der Waals surface area contributed by atoms with E-state index in [2.05, 4.69) is 38.3 Å². The second-order valence-corrected chi connectivity index (χ2v) is 11.8. The van der Waals surface area contributed by atoms with Crippen LogP contribution in [0.4, 0.5) is 0 Å². The van der Waals surface area contributed by atoms with Crippen molar-refractivity contribution in [3.05, 3.63) is 0 Å². The summed E-state index contributed by atoms with van der Waals surface area (Å²) in [4.78, 5) is 46.5. The molecule has 2 aliphatic rings. The summed E-state index contributed by atoms with van der Waals surface area (Å²) in [5.41, 5.74) is 5.74. The molecule has 2 amide bonds. The van der Waals surface area contributed by atoms with Gasteiger partial charge in [-0.1, -0.05) is 106 Å². The lowest BCUT2D eigenvalue weighted by atomic mass is 9.83. The van der Waals surface area contributed by atoms with Crippen molar-refractivity contribution in [2.24, 2.45) is 23.5 Å². The van der Waals surface area contributed by atoms with Gasteiger partial charge in [-0.25, -0.2) is 0 Å². The minimum atomic E-state index is -0.768. The summed E-state index contributed by atoms with van der Waals surface area (Å²) >= 11 is 0. The van der Waals surface area contributed by atoms with Crippen LogP contribution in [0.3, 0.4) is 0 Å². The Morgan fingerprint density at radius 1 is 0.825 bits per heavy atom. The van der Waals surface area contributed by atoms with Gasteiger partial charge in [0.1, 0.15) is 5.78 Å². The SMILES string of the molecule is CC(=O)C(N)C1CCCCC1.CC1CCC1.CCC.CCCCC(CCC)C(=O)NC(C)C(=O)C(=O)NCCC. The smallest absolute Gasteiger partial charge is 0.289 e. The van der Waals surface area contributed by atoms with Crippen molar-refractivity contribution in [3.63, 3.8) is 0 Å². The fraction of sp³-hybridized carbons (Fsp3) is 0.879. The largest absolute Gasteiger partial charge is 0.349 e. The predicted octanol–water partition coefficient (Wildman–Crippen LogP) is 6.90. The Balaban J connectivity index is 0. The number of rotatable bonds is 13. The number of hydrogen-bond acceptors (Lipinski definition) is 5. The molecule has 3 atom stereocenters. The van der Waals surface area contributed by atoms with Crippen molar-refractivity contribution in [1.82, 2.24) is 10.6 Å². The Hall–Kier alpha value is -1.76. The van der Waals surface area contributed by atoms with Crippen LogP contribution in [-0.4, -0.2) is 42.0 Å². The Labute approximate surface area is 247 Å². The molecule has 0 aliphatic heterocycles. The maximum Gasteiger partial charge on any atom is 0.289 e. The third-order valence-corrected chi connectivity index (χ3v) is 7.45. The van der Waals surface area contributed by atoms with Crippen molar-refractivity contribution in [3.8, 4) is 0 Å². The first-order chi connectivity index (χ1) is 19.0. The van der Waals surface area contributed by atoms with Crippen LogP contribution in [0.2, 0.25) is 0 Å². The van der Waals surface area contributed by atoms with Gasteiger partial charge in [-0.2, -0.15) is 0 Å². The number of carbonyl (C=O) groups is 4. The first kappa shape index (κ1) is 40.4. The lowest BCUT2D eigenvalue weighted by Crippen LogP contribution is -2.47. The third-order valence-electron chi connectivity index (χ3n) is 7.45. The molecular weight excluding hydrogens is 502 g/mol. The van der Waals surface area contributed by atoms with E-state index in [0.29, 0.717) is 12.5 Å². The van der Waals surface area contributed by atoms with Crippen LogP contribution in [0.5, 0.6) is 0 Å². The summed E-state index contributed by atoms with van der Waals surface area (Å²) in [6.07, 6.45) is 17.2. The van der Waals surface area contributed by atoms with Gasteiger partial charge in [0.25, 0.3) is 5.91 Å². The van der Waals surface area contributed by atoms with E-state index in [4.69, 9.17) is 5.73 Å². The van der Waals surface area contributed by atoms with Gasteiger partial charge < -0.3 is 16.4 Å². The summed E-state index contributed by atoms with van der Waals surface area (Å²) in [5.74, 6) is 0.305. The molecule has 7 nitrogen and oxygen atoms in total. The molecule has 40 heavy (non-hydrogen) atoms. The van der Waals surface area contributed by atoms with Gasteiger partial charge in [0.15, 0.2) is 0 Å². The predicted molar refractivity (Wildman–Crippen MR) is 168 cm³/mol. The summed E-state index contributed by atoms with van der Waals surface area (Å²) in [5, 5.41) is 5.22. The number of carbonyl (C=O) groups excluding carboxylic acids is 4. The van der Waals surface area contributed by atoms with Gasteiger partial charge in [-0.3, -0.25) is 19.2 Å². The van der Waals surface area contributed by atoms with E-state index in [9.17, 15) is 19.2 Å². The van der Waals surface area contributed by atoms with E-state index in [1.807, 2.05) is 13.8 Å². The van der Waals surface area contributed by atoms with Crippen molar-refractivity contribution < 1.29 is 19.2 Å². The lowest BCUT2D eigenvalue weighted by molar-refractivity contribution is -0.140. The maximum atomic E-state index is 12.2. The molecule has 2 rings (SSSR count). The van der Waals surface area contributed by atoms with Crippen LogP contribution in [0.25, 0.3) is 0 Å². The first-order valence-corrected chi connectivity index (χ1v) is 16.4. The molecule has 0 spiro atoms. The molecule has 3 unspecified atom stereocenters. The monoisotopic (exact) mass is 567 g/mol. The number of unbranched alkanes of at least 4 members (excludes halogenated alkanes) is 1. The Bertz CT molecular complexity index is 673. The molecule has 0 aromatic heterocycles.